The van der Waals surface area contributed by atoms with Crippen LogP contribution in [0.3, 0.4) is 0 Å². The number of carboxylic acids is 2. The molecule has 0 aromatic carbocycles. The van der Waals surface area contributed by atoms with Crippen molar-refractivity contribution in [3.63, 3.8) is 0 Å². The molecule has 1 saturated heterocycles. The molecule has 0 spiro atoms. The zero-order chi connectivity index (χ0) is 31.6. The third-order valence-electron chi connectivity index (χ3n) is 6.27. The number of nitrogens with one attached hydrogen (secondary N) is 1. The number of nitrogen functional groups attached to an aromatic ring is 3. The van der Waals surface area contributed by atoms with Crippen LogP contribution in [0.5, 0.6) is 0 Å². The number of hydrogen-bond acceptors (Lipinski definition) is 14. The molecule has 0 aliphatic carbocycles. The van der Waals surface area contributed by atoms with E-state index in [2.05, 4.69) is 20.4 Å². The Morgan fingerprint density at radius 2 is 2.02 bits per heavy atom. The fourth-order valence-corrected chi connectivity index (χ4v) is 7.25. The van der Waals surface area contributed by atoms with Crippen molar-refractivity contribution in [1.82, 2.24) is 20.2 Å². The number of β-lactam (4-membered cyclic amide) rings is 1. The van der Waals surface area contributed by atoms with E-state index >= 15 is 0 Å². The first kappa shape index (κ1) is 31.8. The molecule has 2 amide bonds. The quantitative estimate of drug-likeness (QED) is 0.0444. The van der Waals surface area contributed by atoms with Gasteiger partial charge in [-0.15, -0.1) is 11.8 Å². The third kappa shape index (κ3) is 6.62. The normalized spacial score (nSPS) is 18.6. The van der Waals surface area contributed by atoms with Crippen molar-refractivity contribution in [2.24, 2.45) is 5.16 Å². The van der Waals surface area contributed by atoms with Crippen molar-refractivity contribution in [2.75, 3.05) is 28.7 Å². The Kier molecular flexibility index (Phi) is 9.35. The minimum Gasteiger partial charge on any atom is -0.478 e. The molecule has 9 N–H and O–H groups in total. The summed E-state index contributed by atoms with van der Waals surface area (Å²) in [5.74, 6) is -2.95. The largest absolute Gasteiger partial charge is 0.478 e. The molecule has 0 saturated carbocycles. The van der Waals surface area contributed by atoms with Crippen molar-refractivity contribution in [3.05, 3.63) is 28.4 Å². The molecule has 2 unspecified atom stereocenters. The van der Waals surface area contributed by atoms with Crippen LogP contribution in [0.15, 0.2) is 33.8 Å². The van der Waals surface area contributed by atoms with Crippen molar-refractivity contribution in [3.8, 4) is 0 Å². The number of carboxylic acid groups (broad SMARTS) is 2. The van der Waals surface area contributed by atoms with Gasteiger partial charge in [0.05, 0.1) is 17.5 Å². The Hall–Kier alpha value is -4.10. The van der Waals surface area contributed by atoms with E-state index < -0.39 is 40.8 Å². The fourth-order valence-electron chi connectivity index (χ4n) is 4.05. The zero-order valence-electron chi connectivity index (χ0n) is 23.3. The summed E-state index contributed by atoms with van der Waals surface area (Å²) in [6, 6.07) is 0.473. The summed E-state index contributed by atoms with van der Waals surface area (Å²) in [6.07, 6.45) is 2.05. The highest BCUT2D eigenvalue weighted by molar-refractivity contribution is 8.01. The molecule has 16 nitrogen and oxygen atoms in total. The number of rotatable bonds is 12. The number of fused-ring (bicyclic) bond motifs is 1. The number of aromatic nitrogens is 3. The van der Waals surface area contributed by atoms with Crippen LogP contribution >= 0.6 is 34.9 Å². The van der Waals surface area contributed by atoms with Gasteiger partial charge in [0.15, 0.2) is 10.8 Å². The molecular weight excluding hydrogens is 623 g/mol. The molecule has 0 bridgehead atoms. The van der Waals surface area contributed by atoms with E-state index in [9.17, 15) is 29.4 Å². The number of hydrogen-bond donors (Lipinski definition) is 6. The highest BCUT2D eigenvalue weighted by Crippen LogP contribution is 2.41. The molecule has 230 valence electrons. The summed E-state index contributed by atoms with van der Waals surface area (Å²) >= 11 is 3.46. The minimum atomic E-state index is -1.76. The first-order valence-corrected chi connectivity index (χ1v) is 15.6. The van der Waals surface area contributed by atoms with Crippen molar-refractivity contribution in [2.45, 2.75) is 55.9 Å². The van der Waals surface area contributed by atoms with Gasteiger partial charge in [-0.3, -0.25) is 14.5 Å². The second kappa shape index (κ2) is 12.6. The Morgan fingerprint density at radius 3 is 2.63 bits per heavy atom. The Morgan fingerprint density at radius 1 is 1.30 bits per heavy atom. The SMILES string of the molecule is CCC[n+]1c(N)cc(N)nc1SCC1=C(C(=O)O)N2C(=O)C(NC(=O)/C(=N\OC(C)(C)C(=O)O)c3cnc(N)s3)C2SC1. The van der Waals surface area contributed by atoms with Crippen LogP contribution in [0.4, 0.5) is 16.8 Å². The van der Waals surface area contributed by atoms with Gasteiger partial charge >= 0.3 is 17.1 Å². The third-order valence-corrected chi connectivity index (χ3v) is 9.51. The summed E-state index contributed by atoms with van der Waals surface area (Å²) in [5, 5.41) is 25.7. The van der Waals surface area contributed by atoms with Crippen LogP contribution in [0.2, 0.25) is 0 Å². The predicted octanol–water partition coefficient (Wildman–Crippen LogP) is 0.0970. The van der Waals surface area contributed by atoms with Gasteiger partial charge in [-0.2, -0.15) is 0 Å². The minimum absolute atomic E-state index is 0.125. The average Bonchev–Trinajstić information content (AvgIpc) is 3.36. The van der Waals surface area contributed by atoms with Gasteiger partial charge in [0.2, 0.25) is 17.2 Å². The molecule has 2 atom stereocenters. The van der Waals surface area contributed by atoms with Crippen molar-refractivity contribution in [1.29, 1.82) is 0 Å². The summed E-state index contributed by atoms with van der Waals surface area (Å²) in [7, 11) is 0. The van der Waals surface area contributed by atoms with Gasteiger partial charge in [0.1, 0.15) is 17.1 Å². The summed E-state index contributed by atoms with van der Waals surface area (Å²) in [5.41, 5.74) is 15.9. The standard InChI is InChI=1S/C24H29N9O7S3/c1-4-5-32-13(26)6-12(25)29-23(32)42-9-10-8-41-19-15(18(35)33(19)16(10)20(36)37)30-17(34)14(11-7-28-22(27)43-11)31-40-24(2,3)21(38)39/h6-7,15,19H,4-5,8-9H2,1-3H3,(H8,25,26,27,28,30,31,34,36,37,38,39)/p+1. The maximum atomic E-state index is 13.3. The molecule has 0 radical (unpaired) electrons. The van der Waals surface area contributed by atoms with E-state index in [-0.39, 0.29) is 38.7 Å². The van der Waals surface area contributed by atoms with Crippen molar-refractivity contribution < 1.29 is 38.8 Å². The molecule has 2 aromatic heterocycles. The molecule has 2 aliphatic rings. The Labute approximate surface area is 257 Å². The summed E-state index contributed by atoms with van der Waals surface area (Å²) in [6.45, 7) is 5.07. The molecule has 43 heavy (non-hydrogen) atoms. The van der Waals surface area contributed by atoms with E-state index in [4.69, 9.17) is 22.0 Å². The van der Waals surface area contributed by atoms with Gasteiger partial charge in [0.25, 0.3) is 11.8 Å². The highest BCUT2D eigenvalue weighted by Gasteiger charge is 2.54. The number of carbonyl (C=O) groups excluding carboxylic acids is 2. The zero-order valence-corrected chi connectivity index (χ0v) is 25.7. The number of nitrogens with two attached hydrogens (primary N) is 3. The average molecular weight is 653 g/mol. The summed E-state index contributed by atoms with van der Waals surface area (Å²) < 4.78 is 1.79. The van der Waals surface area contributed by atoms with Crippen molar-refractivity contribution >= 4 is 81.1 Å². The second-order valence-corrected chi connectivity index (χ2v) is 13.0. The Balaban J connectivity index is 1.54. The smallest absolute Gasteiger partial charge is 0.352 e. The topological polar surface area (TPSA) is 253 Å². The second-order valence-electron chi connectivity index (χ2n) is 9.86. The molecule has 4 heterocycles. The van der Waals surface area contributed by atoms with Crippen LogP contribution < -0.4 is 27.1 Å². The van der Waals surface area contributed by atoms with Gasteiger partial charge in [0, 0.05) is 17.7 Å². The molecule has 1 fully saturated rings. The van der Waals surface area contributed by atoms with E-state index in [0.717, 1.165) is 22.7 Å². The first-order chi connectivity index (χ1) is 20.2. The van der Waals surface area contributed by atoms with Crippen LogP contribution in [-0.2, 0) is 30.6 Å². The molecular formula is C24H30N9O7S3+. The van der Waals surface area contributed by atoms with E-state index in [1.165, 1.54) is 43.6 Å². The number of anilines is 3. The maximum absolute atomic E-state index is 13.3. The number of oxime groups is 1. The number of carbonyl (C=O) groups is 4. The van der Waals surface area contributed by atoms with Crippen LogP contribution in [0.25, 0.3) is 0 Å². The van der Waals surface area contributed by atoms with Crippen LogP contribution in [0, 0.1) is 0 Å². The lowest BCUT2D eigenvalue weighted by Gasteiger charge is -2.49. The lowest BCUT2D eigenvalue weighted by Crippen LogP contribution is -2.71. The molecule has 4 rings (SSSR count). The van der Waals surface area contributed by atoms with Gasteiger partial charge < -0.3 is 37.6 Å². The molecule has 2 aliphatic heterocycles. The predicted molar refractivity (Wildman–Crippen MR) is 160 cm³/mol. The monoisotopic (exact) mass is 652 g/mol. The van der Waals surface area contributed by atoms with E-state index in [0.29, 0.717) is 23.1 Å². The summed E-state index contributed by atoms with van der Waals surface area (Å²) in [4.78, 5) is 65.0. The van der Waals surface area contributed by atoms with E-state index in [1.54, 1.807) is 10.6 Å². The highest BCUT2D eigenvalue weighted by atomic mass is 32.2. The van der Waals surface area contributed by atoms with Crippen LogP contribution in [0.1, 0.15) is 32.1 Å². The van der Waals surface area contributed by atoms with E-state index in [1.807, 2.05) is 6.92 Å². The lowest BCUT2D eigenvalue weighted by molar-refractivity contribution is -0.723. The first-order valence-electron chi connectivity index (χ1n) is 12.8. The Bertz CT molecular complexity index is 1540. The fraction of sp³-hybridized carbons (Fsp3) is 0.417. The number of aliphatic carboxylic acids is 2. The van der Waals surface area contributed by atoms with Gasteiger partial charge in [-0.05, 0) is 37.6 Å². The number of nitrogens with zero attached hydrogens (tertiary/aromatic N) is 5. The van der Waals surface area contributed by atoms with Crippen LogP contribution in [-0.4, -0.2) is 83.1 Å². The molecule has 19 heteroatoms. The van der Waals surface area contributed by atoms with Gasteiger partial charge in [-0.25, -0.2) is 19.1 Å². The van der Waals surface area contributed by atoms with Gasteiger partial charge in [-0.1, -0.05) is 28.4 Å². The number of thioether (sulfide) groups is 2. The number of thiazole rings is 1. The molecule has 2 aromatic rings. The number of amides is 2. The lowest BCUT2D eigenvalue weighted by atomic mass is 10.0. The maximum Gasteiger partial charge on any atom is 0.352 e.